The van der Waals surface area contributed by atoms with Crippen molar-refractivity contribution in [3.05, 3.63) is 29.6 Å². The monoisotopic (exact) mass is 188 g/mol. The van der Waals surface area contributed by atoms with Crippen LogP contribution in [0.4, 0.5) is 0 Å². The highest BCUT2D eigenvalue weighted by Gasteiger charge is 2.06. The molecule has 1 aromatic rings. The molecule has 0 amide bonds. The summed E-state index contributed by atoms with van der Waals surface area (Å²) in [6, 6.07) is 3.99. The Labute approximate surface area is 85.8 Å². The average molecular weight is 188 g/mol. The lowest BCUT2D eigenvalue weighted by Crippen LogP contribution is -2.20. The Morgan fingerprint density at radius 2 is 2.43 bits per heavy atom. The van der Waals surface area contributed by atoms with Gasteiger partial charge in [-0.15, -0.1) is 6.42 Å². The van der Waals surface area contributed by atoms with Crippen LogP contribution in [0.3, 0.4) is 0 Å². The van der Waals surface area contributed by atoms with Crippen molar-refractivity contribution in [1.29, 1.82) is 0 Å². The van der Waals surface area contributed by atoms with E-state index in [0.717, 1.165) is 24.2 Å². The molecule has 74 valence electrons. The summed E-state index contributed by atoms with van der Waals surface area (Å²) in [6.45, 7) is 5.03. The minimum absolute atomic E-state index is 0.0108. The highest BCUT2D eigenvalue weighted by Crippen LogP contribution is 2.11. The summed E-state index contributed by atoms with van der Waals surface area (Å²) in [5.41, 5.74) is 2.12. The van der Waals surface area contributed by atoms with Gasteiger partial charge in [-0.05, 0) is 37.6 Å². The van der Waals surface area contributed by atoms with E-state index >= 15 is 0 Å². The molecule has 1 unspecified atom stereocenters. The highest BCUT2D eigenvalue weighted by atomic mass is 14.9. The van der Waals surface area contributed by atoms with Crippen molar-refractivity contribution in [2.45, 2.75) is 26.3 Å². The van der Waals surface area contributed by atoms with Crippen LogP contribution in [0.5, 0.6) is 0 Å². The van der Waals surface area contributed by atoms with E-state index in [2.05, 4.69) is 23.1 Å². The third-order valence-corrected chi connectivity index (χ3v) is 2.02. The Morgan fingerprint density at radius 3 is 3.00 bits per heavy atom. The van der Waals surface area contributed by atoms with E-state index in [1.807, 2.05) is 19.1 Å². The van der Waals surface area contributed by atoms with Gasteiger partial charge in [0.15, 0.2) is 0 Å². The summed E-state index contributed by atoms with van der Waals surface area (Å²) in [4.78, 5) is 4.14. The molecule has 0 aliphatic heterocycles. The van der Waals surface area contributed by atoms with Crippen molar-refractivity contribution in [2.24, 2.45) is 0 Å². The molecule has 14 heavy (non-hydrogen) atoms. The minimum atomic E-state index is 0.0108. The second-order valence-corrected chi connectivity index (χ2v) is 3.28. The molecule has 0 saturated heterocycles. The fraction of sp³-hybridized carbons (Fsp3) is 0.417. The number of aromatic nitrogens is 1. The van der Waals surface area contributed by atoms with E-state index in [0.29, 0.717) is 0 Å². The molecule has 2 heteroatoms. The largest absolute Gasteiger partial charge is 0.300 e. The summed E-state index contributed by atoms with van der Waals surface area (Å²) in [5, 5.41) is 3.30. The Bertz CT molecular complexity index is 325. The van der Waals surface area contributed by atoms with Crippen LogP contribution in [-0.4, -0.2) is 11.5 Å². The molecular weight excluding hydrogens is 172 g/mol. The van der Waals surface area contributed by atoms with Gasteiger partial charge in [-0.3, -0.25) is 4.98 Å². The quantitative estimate of drug-likeness (QED) is 0.732. The van der Waals surface area contributed by atoms with E-state index in [-0.39, 0.29) is 6.04 Å². The zero-order chi connectivity index (χ0) is 10.4. The number of pyridine rings is 1. The van der Waals surface area contributed by atoms with Gasteiger partial charge in [-0.1, -0.05) is 12.8 Å². The van der Waals surface area contributed by atoms with Crippen LogP contribution in [0, 0.1) is 19.3 Å². The number of hydrogen-bond donors (Lipinski definition) is 1. The molecule has 0 aromatic carbocycles. The molecule has 0 radical (unpaired) electrons. The maximum Gasteiger partial charge on any atom is 0.0944 e. The normalized spacial score (nSPS) is 12.1. The maximum atomic E-state index is 5.46. The van der Waals surface area contributed by atoms with Gasteiger partial charge >= 0.3 is 0 Å². The van der Waals surface area contributed by atoms with Gasteiger partial charge in [-0.25, -0.2) is 0 Å². The van der Waals surface area contributed by atoms with Crippen LogP contribution in [0.25, 0.3) is 0 Å². The Hall–Kier alpha value is -1.33. The molecule has 0 bridgehead atoms. The van der Waals surface area contributed by atoms with Gasteiger partial charge in [-0.2, -0.15) is 0 Å². The third-order valence-electron chi connectivity index (χ3n) is 2.02. The highest BCUT2D eigenvalue weighted by molar-refractivity contribution is 5.25. The summed E-state index contributed by atoms with van der Waals surface area (Å²) >= 11 is 0. The fourth-order valence-corrected chi connectivity index (χ4v) is 1.31. The first-order valence-electron chi connectivity index (χ1n) is 4.90. The molecule has 0 saturated carbocycles. The van der Waals surface area contributed by atoms with Gasteiger partial charge in [0.1, 0.15) is 0 Å². The molecule has 0 aliphatic carbocycles. The van der Waals surface area contributed by atoms with E-state index < -0.39 is 0 Å². The number of nitrogens with one attached hydrogen (secondary N) is 1. The first kappa shape index (κ1) is 10.7. The molecule has 1 atom stereocenters. The minimum Gasteiger partial charge on any atom is -0.300 e. The predicted octanol–water partition coefficient (Wildman–Crippen LogP) is 2.06. The van der Waals surface area contributed by atoms with Crippen LogP contribution in [0.2, 0.25) is 0 Å². The van der Waals surface area contributed by atoms with Crippen molar-refractivity contribution in [3.8, 4) is 12.3 Å². The number of hydrogen-bond acceptors (Lipinski definition) is 2. The summed E-state index contributed by atoms with van der Waals surface area (Å²) in [7, 11) is 0. The first-order valence-corrected chi connectivity index (χ1v) is 4.90. The zero-order valence-electron chi connectivity index (χ0n) is 8.75. The van der Waals surface area contributed by atoms with Crippen molar-refractivity contribution >= 4 is 0 Å². The van der Waals surface area contributed by atoms with Crippen LogP contribution < -0.4 is 5.32 Å². The Balaban J connectivity index is 2.75. The van der Waals surface area contributed by atoms with Crippen LogP contribution in [0.15, 0.2) is 18.3 Å². The zero-order valence-corrected chi connectivity index (χ0v) is 8.75. The average Bonchev–Trinajstić information content (AvgIpc) is 2.19. The molecule has 0 spiro atoms. The van der Waals surface area contributed by atoms with Gasteiger partial charge in [0.25, 0.3) is 0 Å². The molecule has 1 heterocycles. The second kappa shape index (κ2) is 5.41. The Morgan fingerprint density at radius 1 is 1.64 bits per heavy atom. The van der Waals surface area contributed by atoms with Crippen LogP contribution in [0.1, 0.15) is 30.6 Å². The Kier molecular flexibility index (Phi) is 4.15. The fourth-order valence-electron chi connectivity index (χ4n) is 1.31. The third kappa shape index (κ3) is 2.86. The lowest BCUT2D eigenvalue weighted by molar-refractivity contribution is 0.625. The summed E-state index contributed by atoms with van der Waals surface area (Å²) in [5.74, 6) is 2.74. The summed E-state index contributed by atoms with van der Waals surface area (Å²) < 4.78 is 0. The molecule has 2 nitrogen and oxygen atoms in total. The van der Waals surface area contributed by atoms with Gasteiger partial charge < -0.3 is 5.32 Å². The van der Waals surface area contributed by atoms with Crippen LogP contribution >= 0.6 is 0 Å². The molecule has 0 fully saturated rings. The van der Waals surface area contributed by atoms with Gasteiger partial charge in [0, 0.05) is 11.9 Å². The number of rotatable bonds is 4. The van der Waals surface area contributed by atoms with E-state index in [1.165, 1.54) is 0 Å². The maximum absolute atomic E-state index is 5.46. The molecule has 1 rings (SSSR count). The number of nitrogens with zero attached hydrogens (tertiary/aromatic N) is 1. The second-order valence-electron chi connectivity index (χ2n) is 3.28. The van der Waals surface area contributed by atoms with Crippen molar-refractivity contribution < 1.29 is 0 Å². The van der Waals surface area contributed by atoms with E-state index in [4.69, 9.17) is 6.42 Å². The van der Waals surface area contributed by atoms with Crippen molar-refractivity contribution in [3.63, 3.8) is 0 Å². The standard InChI is InChI=1S/C12H16N2/c1-4-7-14-12(5-2)11-6-8-13-10(3)9-11/h2,6,8-9,12,14H,4,7H2,1,3H3. The summed E-state index contributed by atoms with van der Waals surface area (Å²) in [6.07, 6.45) is 8.34. The SMILES string of the molecule is C#CC(NCCC)c1ccnc(C)c1. The number of aryl methyl sites for hydroxylation is 1. The molecule has 0 aliphatic rings. The predicted molar refractivity (Wildman–Crippen MR) is 58.8 cm³/mol. The van der Waals surface area contributed by atoms with Crippen LogP contribution in [-0.2, 0) is 0 Å². The smallest absolute Gasteiger partial charge is 0.0944 e. The first-order chi connectivity index (χ1) is 6.77. The van der Waals surface area contributed by atoms with Crippen molar-refractivity contribution in [1.82, 2.24) is 10.3 Å². The molecule has 1 aromatic heterocycles. The van der Waals surface area contributed by atoms with E-state index in [9.17, 15) is 0 Å². The van der Waals surface area contributed by atoms with Crippen molar-refractivity contribution in [2.75, 3.05) is 6.54 Å². The van der Waals surface area contributed by atoms with E-state index in [1.54, 1.807) is 6.20 Å². The van der Waals surface area contributed by atoms with Gasteiger partial charge in [0.05, 0.1) is 6.04 Å². The lowest BCUT2D eigenvalue weighted by atomic mass is 10.1. The molecular formula is C12H16N2. The van der Waals surface area contributed by atoms with Gasteiger partial charge in [0.2, 0.25) is 0 Å². The molecule has 1 N–H and O–H groups in total. The topological polar surface area (TPSA) is 24.9 Å². The lowest BCUT2D eigenvalue weighted by Gasteiger charge is -2.12. The number of terminal acetylenes is 1.